The molecular weight excluding hydrogens is 627 g/mol. The van der Waals surface area contributed by atoms with Gasteiger partial charge in [0.25, 0.3) is 0 Å². The van der Waals surface area contributed by atoms with Crippen LogP contribution in [0.4, 0.5) is 17.1 Å². The highest BCUT2D eigenvalue weighted by atomic mass is 15.1. The van der Waals surface area contributed by atoms with E-state index in [-0.39, 0.29) is 5.41 Å². The molecule has 8 aromatic carbocycles. The molecule has 0 saturated heterocycles. The second-order valence-corrected chi connectivity index (χ2v) is 15.5. The Morgan fingerprint density at radius 2 is 1.10 bits per heavy atom. The molecule has 0 unspecified atom stereocenters. The summed E-state index contributed by atoms with van der Waals surface area (Å²) in [4.78, 5) is 2.52. The summed E-state index contributed by atoms with van der Waals surface area (Å²) in [5.41, 5.74) is 13.0. The molecule has 1 saturated carbocycles. The molecule has 8 aromatic rings. The molecule has 2 aliphatic carbocycles. The smallest absolute Gasteiger partial charge is 0.0546 e. The highest BCUT2D eigenvalue weighted by molar-refractivity contribution is 6.12. The molecule has 0 amide bonds. The maximum absolute atomic E-state index is 2.52. The molecule has 0 heterocycles. The molecule has 2 aliphatic rings. The summed E-state index contributed by atoms with van der Waals surface area (Å²) >= 11 is 0. The summed E-state index contributed by atoms with van der Waals surface area (Å²) in [5.74, 6) is 0.632. The van der Waals surface area contributed by atoms with Gasteiger partial charge in [0, 0.05) is 22.4 Å². The minimum Gasteiger partial charge on any atom is -0.310 e. The van der Waals surface area contributed by atoms with Crippen LogP contribution < -0.4 is 4.90 Å². The second-order valence-electron chi connectivity index (χ2n) is 15.5. The van der Waals surface area contributed by atoms with Crippen molar-refractivity contribution in [2.24, 2.45) is 0 Å². The van der Waals surface area contributed by atoms with Crippen molar-refractivity contribution >= 4 is 49.4 Å². The van der Waals surface area contributed by atoms with Gasteiger partial charge in [0.05, 0.1) is 5.69 Å². The van der Waals surface area contributed by atoms with Crippen molar-refractivity contribution in [3.05, 3.63) is 174 Å². The Hall–Kier alpha value is -5.66. The van der Waals surface area contributed by atoms with Crippen LogP contribution in [0.5, 0.6) is 0 Å². The van der Waals surface area contributed by atoms with Crippen molar-refractivity contribution in [3.8, 4) is 22.3 Å². The second kappa shape index (κ2) is 12.2. The molecule has 252 valence electrons. The van der Waals surface area contributed by atoms with Crippen LogP contribution in [0, 0.1) is 0 Å². The van der Waals surface area contributed by atoms with E-state index in [0.29, 0.717) is 5.92 Å². The number of rotatable bonds is 5. The van der Waals surface area contributed by atoms with Crippen molar-refractivity contribution < 1.29 is 0 Å². The topological polar surface area (TPSA) is 3.24 Å². The zero-order chi connectivity index (χ0) is 34.8. The predicted octanol–water partition coefficient (Wildman–Crippen LogP) is 14.6. The van der Waals surface area contributed by atoms with Gasteiger partial charge in [0.15, 0.2) is 0 Å². The van der Waals surface area contributed by atoms with E-state index in [1.54, 1.807) is 0 Å². The molecular formula is C51H43N. The number of hydrogen-bond donors (Lipinski definition) is 0. The fourth-order valence-electron chi connectivity index (χ4n) is 9.63. The summed E-state index contributed by atoms with van der Waals surface area (Å²) in [5, 5.41) is 7.76. The predicted molar refractivity (Wildman–Crippen MR) is 222 cm³/mol. The number of hydrogen-bond acceptors (Lipinski definition) is 1. The molecule has 52 heavy (non-hydrogen) atoms. The lowest BCUT2D eigenvalue weighted by molar-refractivity contribution is 0.445. The van der Waals surface area contributed by atoms with E-state index in [9.17, 15) is 0 Å². The van der Waals surface area contributed by atoms with E-state index in [0.717, 1.165) is 5.69 Å². The van der Waals surface area contributed by atoms with Gasteiger partial charge < -0.3 is 4.90 Å². The SMILES string of the molecule is CC1(C)c2ccccc2-c2cc(N(c3ccc4ccccc4c3)c3ccc4ccccc4c3-c3ccc(C4CCCCC4)c4ccccc34)ccc21. The molecule has 0 radical (unpaired) electrons. The maximum atomic E-state index is 2.52. The zero-order valence-corrected chi connectivity index (χ0v) is 30.1. The van der Waals surface area contributed by atoms with Crippen molar-refractivity contribution in [2.75, 3.05) is 4.90 Å². The quantitative estimate of drug-likeness (QED) is 0.176. The molecule has 1 fully saturated rings. The zero-order valence-electron chi connectivity index (χ0n) is 30.1. The van der Waals surface area contributed by atoms with E-state index < -0.39 is 0 Å². The molecule has 0 aromatic heterocycles. The maximum Gasteiger partial charge on any atom is 0.0546 e. The van der Waals surface area contributed by atoms with Gasteiger partial charge in [0.1, 0.15) is 0 Å². The molecule has 0 bridgehead atoms. The molecule has 0 aliphatic heterocycles. The first-order valence-electron chi connectivity index (χ1n) is 19.1. The Kier molecular flexibility index (Phi) is 7.32. The van der Waals surface area contributed by atoms with Crippen molar-refractivity contribution in [1.29, 1.82) is 0 Å². The van der Waals surface area contributed by atoms with Gasteiger partial charge in [-0.2, -0.15) is 0 Å². The Bertz CT molecular complexity index is 2650. The third-order valence-corrected chi connectivity index (χ3v) is 12.2. The summed E-state index contributed by atoms with van der Waals surface area (Å²) in [6, 6.07) is 59.5. The Labute approximate surface area is 307 Å². The Morgan fingerprint density at radius 1 is 0.462 bits per heavy atom. The fraction of sp³-hybridized carbons (Fsp3) is 0.176. The van der Waals surface area contributed by atoms with Crippen LogP contribution in [0.15, 0.2) is 158 Å². The van der Waals surface area contributed by atoms with E-state index >= 15 is 0 Å². The fourth-order valence-corrected chi connectivity index (χ4v) is 9.63. The highest BCUT2D eigenvalue weighted by Crippen LogP contribution is 2.52. The first-order chi connectivity index (χ1) is 25.6. The first kappa shape index (κ1) is 31.1. The Balaban J connectivity index is 1.26. The first-order valence-corrected chi connectivity index (χ1v) is 19.1. The molecule has 0 spiro atoms. The minimum atomic E-state index is -0.0503. The molecule has 10 rings (SSSR count). The third-order valence-electron chi connectivity index (χ3n) is 12.2. The van der Waals surface area contributed by atoms with Crippen molar-refractivity contribution in [3.63, 3.8) is 0 Å². The van der Waals surface area contributed by atoms with Crippen LogP contribution >= 0.6 is 0 Å². The van der Waals surface area contributed by atoms with E-state index in [1.807, 2.05) is 0 Å². The number of fused-ring (bicyclic) bond motifs is 6. The number of nitrogens with zero attached hydrogens (tertiary/aromatic N) is 1. The standard InChI is InChI=1S/C51H43N/c1-51(2)47-23-13-12-22-44(47)46-33-39(27-30-48(46)51)52(38-26-24-34-14-6-7-18-37(34)32-38)49-31-25-36-17-8-9-19-41(36)50(49)45-29-28-40(35-15-4-3-5-16-35)42-20-10-11-21-43(42)45/h6-14,17-33,35H,3-5,15-16H2,1-2H3. The minimum absolute atomic E-state index is 0.0503. The third kappa shape index (κ3) is 4.90. The number of benzene rings is 8. The van der Waals surface area contributed by atoms with Gasteiger partial charge in [-0.1, -0.05) is 161 Å². The van der Waals surface area contributed by atoms with Gasteiger partial charge in [0.2, 0.25) is 0 Å². The van der Waals surface area contributed by atoms with Crippen LogP contribution in [0.2, 0.25) is 0 Å². The summed E-state index contributed by atoms with van der Waals surface area (Å²) in [7, 11) is 0. The van der Waals surface area contributed by atoms with Gasteiger partial charge >= 0.3 is 0 Å². The van der Waals surface area contributed by atoms with Gasteiger partial charge in [-0.25, -0.2) is 0 Å². The lowest BCUT2D eigenvalue weighted by atomic mass is 9.80. The van der Waals surface area contributed by atoms with Crippen LogP contribution in [0.3, 0.4) is 0 Å². The van der Waals surface area contributed by atoms with E-state index in [2.05, 4.69) is 176 Å². The van der Waals surface area contributed by atoms with Crippen LogP contribution in [0.25, 0.3) is 54.6 Å². The average Bonchev–Trinajstić information content (AvgIpc) is 3.43. The lowest BCUT2D eigenvalue weighted by Crippen LogP contribution is -2.15. The lowest BCUT2D eigenvalue weighted by Gasteiger charge is -2.30. The summed E-state index contributed by atoms with van der Waals surface area (Å²) in [6.45, 7) is 4.73. The largest absolute Gasteiger partial charge is 0.310 e. The average molecular weight is 670 g/mol. The number of anilines is 3. The summed E-state index contributed by atoms with van der Waals surface area (Å²) < 4.78 is 0. The van der Waals surface area contributed by atoms with Crippen LogP contribution in [-0.2, 0) is 5.41 Å². The van der Waals surface area contributed by atoms with Crippen LogP contribution in [-0.4, -0.2) is 0 Å². The van der Waals surface area contributed by atoms with Crippen LogP contribution in [0.1, 0.15) is 68.6 Å². The molecule has 0 N–H and O–H groups in total. The van der Waals surface area contributed by atoms with Gasteiger partial charge in [-0.05, 0) is 115 Å². The van der Waals surface area contributed by atoms with Crippen molar-refractivity contribution in [2.45, 2.75) is 57.3 Å². The van der Waals surface area contributed by atoms with Gasteiger partial charge in [-0.15, -0.1) is 0 Å². The Morgan fingerprint density at radius 3 is 1.94 bits per heavy atom. The van der Waals surface area contributed by atoms with Crippen molar-refractivity contribution in [1.82, 2.24) is 0 Å². The van der Waals surface area contributed by atoms with E-state index in [1.165, 1.54) is 115 Å². The molecule has 1 heteroatoms. The highest BCUT2D eigenvalue weighted by Gasteiger charge is 2.36. The molecule has 1 nitrogen and oxygen atoms in total. The van der Waals surface area contributed by atoms with Gasteiger partial charge in [-0.3, -0.25) is 0 Å². The van der Waals surface area contributed by atoms with E-state index in [4.69, 9.17) is 0 Å². The molecule has 0 atom stereocenters. The summed E-state index contributed by atoms with van der Waals surface area (Å²) in [6.07, 6.45) is 6.60. The monoisotopic (exact) mass is 669 g/mol. The normalized spacial score (nSPS) is 15.2.